The van der Waals surface area contributed by atoms with Crippen molar-refractivity contribution in [3.63, 3.8) is 0 Å². The van der Waals surface area contributed by atoms with E-state index in [1.165, 1.54) is 6.07 Å². The van der Waals surface area contributed by atoms with Gasteiger partial charge in [-0.1, -0.05) is 12.1 Å². The molecule has 1 amide bonds. The van der Waals surface area contributed by atoms with Gasteiger partial charge in [-0.3, -0.25) is 4.79 Å². The van der Waals surface area contributed by atoms with Crippen molar-refractivity contribution in [2.24, 2.45) is 5.73 Å². The van der Waals surface area contributed by atoms with E-state index in [0.29, 0.717) is 38.3 Å². The topological polar surface area (TPSA) is 49.6 Å². The largest absolute Gasteiger partial charge is 0.366 e. The molecule has 4 nitrogen and oxygen atoms in total. The van der Waals surface area contributed by atoms with Crippen LogP contribution < -0.4 is 10.6 Å². The number of piperazine rings is 1. The number of hydrogen-bond donors (Lipinski definition) is 1. The molecular formula is C15H22FN3OS. The van der Waals surface area contributed by atoms with Gasteiger partial charge >= 0.3 is 0 Å². The molecule has 0 saturated carbocycles. The van der Waals surface area contributed by atoms with Gasteiger partial charge in [0.05, 0.1) is 11.7 Å². The fraction of sp³-hybridized carbons (Fsp3) is 0.533. The first-order valence-corrected chi connectivity index (χ1v) is 8.55. The molecule has 1 aliphatic rings. The summed E-state index contributed by atoms with van der Waals surface area (Å²) in [6, 6.07) is 6.33. The van der Waals surface area contributed by atoms with Crippen molar-refractivity contribution in [2.75, 3.05) is 43.1 Å². The third-order valence-electron chi connectivity index (χ3n) is 3.73. The number of nitrogens with two attached hydrogens (primary N) is 1. The molecule has 2 rings (SSSR count). The van der Waals surface area contributed by atoms with E-state index < -0.39 is 6.04 Å². The number of halogens is 1. The summed E-state index contributed by atoms with van der Waals surface area (Å²) < 4.78 is 13.8. The molecule has 1 saturated heterocycles. The highest BCUT2D eigenvalue weighted by Crippen LogP contribution is 2.20. The highest BCUT2D eigenvalue weighted by Gasteiger charge is 2.25. The van der Waals surface area contributed by atoms with E-state index in [2.05, 4.69) is 0 Å². The Morgan fingerprint density at radius 3 is 2.62 bits per heavy atom. The quantitative estimate of drug-likeness (QED) is 0.896. The zero-order valence-corrected chi connectivity index (χ0v) is 13.1. The third-order valence-corrected chi connectivity index (χ3v) is 4.38. The number of para-hydroxylation sites is 1. The van der Waals surface area contributed by atoms with Crippen LogP contribution in [0.15, 0.2) is 24.3 Å². The SMILES string of the molecule is CSCC[C@H](N)C(=O)N1CCN(c2ccccc2F)CC1. The Bertz CT molecular complexity index is 478. The normalized spacial score (nSPS) is 16.9. The molecule has 116 valence electrons. The van der Waals surface area contributed by atoms with Gasteiger partial charge in [-0.15, -0.1) is 0 Å². The third kappa shape index (κ3) is 4.11. The van der Waals surface area contributed by atoms with Gasteiger partial charge in [-0.2, -0.15) is 11.8 Å². The maximum absolute atomic E-state index is 13.8. The number of carbonyl (C=O) groups excluding carboxylic acids is 1. The van der Waals surface area contributed by atoms with Crippen molar-refractivity contribution in [3.05, 3.63) is 30.1 Å². The smallest absolute Gasteiger partial charge is 0.239 e. The first kappa shape index (κ1) is 16.1. The second kappa shape index (κ2) is 7.66. The Kier molecular flexibility index (Phi) is 5.87. The van der Waals surface area contributed by atoms with Crippen molar-refractivity contribution >= 4 is 23.4 Å². The van der Waals surface area contributed by atoms with E-state index in [9.17, 15) is 9.18 Å². The molecule has 1 heterocycles. The van der Waals surface area contributed by atoms with Gasteiger partial charge in [0.2, 0.25) is 5.91 Å². The Labute approximate surface area is 129 Å². The summed E-state index contributed by atoms with van der Waals surface area (Å²) in [5.74, 6) is 0.688. The minimum Gasteiger partial charge on any atom is -0.366 e. The number of benzene rings is 1. The number of nitrogens with zero attached hydrogens (tertiary/aromatic N) is 2. The molecule has 6 heteroatoms. The number of amides is 1. The summed E-state index contributed by atoms with van der Waals surface area (Å²) in [6.07, 6.45) is 2.71. The maximum atomic E-state index is 13.8. The molecule has 1 aromatic rings. The first-order chi connectivity index (χ1) is 10.1. The molecule has 0 unspecified atom stereocenters. The molecule has 1 aliphatic heterocycles. The second-order valence-electron chi connectivity index (χ2n) is 5.15. The van der Waals surface area contributed by atoms with Crippen LogP contribution in [0.2, 0.25) is 0 Å². The minimum atomic E-state index is -0.419. The standard InChI is InChI=1S/C15H22FN3OS/c1-21-11-6-13(17)15(20)19-9-7-18(8-10-19)14-5-3-2-4-12(14)16/h2-5,13H,6-11,17H2,1H3/t13-/m0/s1. The summed E-state index contributed by atoms with van der Waals surface area (Å²) in [5.41, 5.74) is 6.53. The van der Waals surface area contributed by atoms with E-state index in [1.54, 1.807) is 28.8 Å². The molecule has 1 aromatic carbocycles. The number of hydrogen-bond acceptors (Lipinski definition) is 4. The Hall–Kier alpha value is -1.27. The highest BCUT2D eigenvalue weighted by molar-refractivity contribution is 7.98. The van der Waals surface area contributed by atoms with Gasteiger partial charge in [0.15, 0.2) is 0 Å². The van der Waals surface area contributed by atoms with Crippen molar-refractivity contribution in [3.8, 4) is 0 Å². The summed E-state index contributed by atoms with van der Waals surface area (Å²) in [7, 11) is 0. The lowest BCUT2D eigenvalue weighted by atomic mass is 10.2. The lowest BCUT2D eigenvalue weighted by Gasteiger charge is -2.37. The van der Waals surface area contributed by atoms with Gasteiger partial charge in [0.1, 0.15) is 5.82 Å². The molecule has 0 aromatic heterocycles. The fourth-order valence-electron chi connectivity index (χ4n) is 2.48. The number of rotatable bonds is 5. The van der Waals surface area contributed by atoms with Crippen LogP contribution >= 0.6 is 11.8 Å². The van der Waals surface area contributed by atoms with Gasteiger partial charge in [-0.05, 0) is 30.6 Å². The number of thioether (sulfide) groups is 1. The molecule has 2 N–H and O–H groups in total. The number of carbonyl (C=O) groups is 1. The van der Waals surface area contributed by atoms with Gasteiger partial charge in [-0.25, -0.2) is 4.39 Å². The molecule has 0 aliphatic carbocycles. The van der Waals surface area contributed by atoms with Crippen LogP contribution in [-0.4, -0.2) is 55.0 Å². The predicted octanol–water partition coefficient (Wildman–Crippen LogP) is 1.55. The number of anilines is 1. The lowest BCUT2D eigenvalue weighted by Crippen LogP contribution is -2.53. The van der Waals surface area contributed by atoms with Gasteiger partial charge in [0, 0.05) is 26.2 Å². The Morgan fingerprint density at radius 2 is 2.00 bits per heavy atom. The van der Waals surface area contributed by atoms with E-state index >= 15 is 0 Å². The minimum absolute atomic E-state index is 0.0113. The van der Waals surface area contributed by atoms with Crippen LogP contribution in [0.5, 0.6) is 0 Å². The van der Waals surface area contributed by atoms with Crippen LogP contribution in [0.1, 0.15) is 6.42 Å². The van der Waals surface area contributed by atoms with Gasteiger partial charge < -0.3 is 15.5 Å². The van der Waals surface area contributed by atoms with Crippen molar-refractivity contribution < 1.29 is 9.18 Å². The van der Waals surface area contributed by atoms with Crippen LogP contribution in [0.25, 0.3) is 0 Å². The van der Waals surface area contributed by atoms with E-state index in [4.69, 9.17) is 5.73 Å². The molecule has 1 atom stereocenters. The zero-order chi connectivity index (χ0) is 15.2. The van der Waals surface area contributed by atoms with Crippen molar-refractivity contribution in [1.29, 1.82) is 0 Å². The molecule has 0 bridgehead atoms. The molecule has 0 radical (unpaired) electrons. The Balaban J connectivity index is 1.88. The average molecular weight is 311 g/mol. The average Bonchev–Trinajstić information content (AvgIpc) is 2.52. The van der Waals surface area contributed by atoms with Crippen LogP contribution in [0.3, 0.4) is 0 Å². The maximum Gasteiger partial charge on any atom is 0.239 e. The lowest BCUT2D eigenvalue weighted by molar-refractivity contribution is -0.132. The predicted molar refractivity (Wildman–Crippen MR) is 86.2 cm³/mol. The van der Waals surface area contributed by atoms with Crippen molar-refractivity contribution in [1.82, 2.24) is 4.90 Å². The van der Waals surface area contributed by atoms with Crippen molar-refractivity contribution in [2.45, 2.75) is 12.5 Å². The van der Waals surface area contributed by atoms with Crippen LogP contribution in [0.4, 0.5) is 10.1 Å². The summed E-state index contributed by atoms with van der Waals surface area (Å²) in [6.45, 7) is 2.48. The fourth-order valence-corrected chi connectivity index (χ4v) is 2.97. The van der Waals surface area contributed by atoms with E-state index in [1.807, 2.05) is 17.2 Å². The summed E-state index contributed by atoms with van der Waals surface area (Å²) in [4.78, 5) is 16.0. The summed E-state index contributed by atoms with van der Waals surface area (Å²) >= 11 is 1.69. The molecule has 0 spiro atoms. The van der Waals surface area contributed by atoms with E-state index in [0.717, 1.165) is 5.75 Å². The zero-order valence-electron chi connectivity index (χ0n) is 12.3. The second-order valence-corrected chi connectivity index (χ2v) is 6.14. The molecule has 1 fully saturated rings. The van der Waals surface area contributed by atoms with Crippen LogP contribution in [0, 0.1) is 5.82 Å². The Morgan fingerprint density at radius 1 is 1.33 bits per heavy atom. The van der Waals surface area contributed by atoms with Crippen LogP contribution in [-0.2, 0) is 4.79 Å². The monoisotopic (exact) mass is 311 g/mol. The summed E-state index contributed by atoms with van der Waals surface area (Å²) in [5, 5.41) is 0. The molecule has 21 heavy (non-hydrogen) atoms. The molecular weight excluding hydrogens is 289 g/mol. The first-order valence-electron chi connectivity index (χ1n) is 7.16. The van der Waals surface area contributed by atoms with E-state index in [-0.39, 0.29) is 11.7 Å². The van der Waals surface area contributed by atoms with Gasteiger partial charge in [0.25, 0.3) is 0 Å². The highest BCUT2D eigenvalue weighted by atomic mass is 32.2.